The normalized spacial score (nSPS) is 20.8. The van der Waals surface area contributed by atoms with Crippen molar-refractivity contribution in [3.05, 3.63) is 30.1 Å². The summed E-state index contributed by atoms with van der Waals surface area (Å²) >= 11 is 0. The summed E-state index contributed by atoms with van der Waals surface area (Å²) < 4.78 is 36.7. The Morgan fingerprint density at radius 3 is 2.58 bits per heavy atom. The van der Waals surface area contributed by atoms with Gasteiger partial charge in [-0.2, -0.15) is 0 Å². The SMILES string of the molecule is CC[C@@H](C)[C@H](NC(=O)N[C@@H]1CCS(=O)(=O)C1)C(=O)Nc1ccccc1F. The fourth-order valence-corrected chi connectivity index (χ4v) is 4.43. The van der Waals surface area contributed by atoms with Crippen LogP contribution in [0.15, 0.2) is 24.3 Å². The van der Waals surface area contributed by atoms with E-state index in [1.165, 1.54) is 18.2 Å². The number of carbonyl (C=O) groups is 2. The molecular formula is C17H24FN3O4S. The molecule has 0 radical (unpaired) electrons. The van der Waals surface area contributed by atoms with Gasteiger partial charge in [0.05, 0.1) is 17.2 Å². The summed E-state index contributed by atoms with van der Waals surface area (Å²) in [5.41, 5.74) is 0.0369. The molecule has 3 N–H and O–H groups in total. The molecule has 1 aromatic carbocycles. The van der Waals surface area contributed by atoms with E-state index in [0.29, 0.717) is 12.8 Å². The number of benzene rings is 1. The largest absolute Gasteiger partial charge is 0.334 e. The van der Waals surface area contributed by atoms with Crippen LogP contribution >= 0.6 is 0 Å². The third-order valence-corrected chi connectivity index (χ3v) is 6.25. The van der Waals surface area contributed by atoms with Gasteiger partial charge in [-0.15, -0.1) is 0 Å². The first-order valence-electron chi connectivity index (χ1n) is 8.54. The van der Waals surface area contributed by atoms with Crippen molar-refractivity contribution in [2.45, 2.75) is 38.8 Å². The van der Waals surface area contributed by atoms with Gasteiger partial charge in [-0.3, -0.25) is 4.79 Å². The van der Waals surface area contributed by atoms with Crippen LogP contribution in [0.2, 0.25) is 0 Å². The first-order chi connectivity index (χ1) is 12.2. The molecule has 0 spiro atoms. The lowest BCUT2D eigenvalue weighted by Crippen LogP contribution is -2.53. The molecule has 3 amide bonds. The van der Waals surface area contributed by atoms with Crippen molar-refractivity contribution in [1.29, 1.82) is 0 Å². The molecule has 1 saturated heterocycles. The van der Waals surface area contributed by atoms with Crippen LogP contribution in [0, 0.1) is 11.7 Å². The molecule has 2 rings (SSSR count). The van der Waals surface area contributed by atoms with E-state index >= 15 is 0 Å². The molecule has 26 heavy (non-hydrogen) atoms. The average Bonchev–Trinajstić information content (AvgIpc) is 2.92. The van der Waals surface area contributed by atoms with Crippen LogP contribution in [-0.2, 0) is 14.6 Å². The molecule has 0 aromatic heterocycles. The molecule has 1 aliphatic heterocycles. The maximum atomic E-state index is 13.7. The Labute approximate surface area is 152 Å². The molecule has 0 unspecified atom stereocenters. The number of para-hydroxylation sites is 1. The third-order valence-electron chi connectivity index (χ3n) is 4.48. The van der Waals surface area contributed by atoms with Crippen LogP contribution in [-0.4, -0.2) is 43.9 Å². The van der Waals surface area contributed by atoms with Crippen LogP contribution in [0.5, 0.6) is 0 Å². The number of hydrogen-bond acceptors (Lipinski definition) is 4. The lowest BCUT2D eigenvalue weighted by atomic mass is 9.98. The summed E-state index contributed by atoms with van der Waals surface area (Å²) in [6, 6.07) is 3.82. The number of anilines is 1. The second-order valence-corrected chi connectivity index (χ2v) is 8.78. The number of nitrogens with one attached hydrogen (secondary N) is 3. The van der Waals surface area contributed by atoms with E-state index in [1.54, 1.807) is 13.0 Å². The molecular weight excluding hydrogens is 361 g/mol. The molecule has 3 atom stereocenters. The topological polar surface area (TPSA) is 104 Å². The standard InChI is InChI=1S/C17H24FN3O4S/c1-3-11(2)15(16(22)20-14-7-5-4-6-13(14)18)21-17(23)19-12-8-9-26(24,25)10-12/h4-7,11-12,15H,3,8-10H2,1-2H3,(H,20,22)(H2,19,21,23)/t11-,12-,15+/m1/s1. The number of halogens is 1. The van der Waals surface area contributed by atoms with Crippen LogP contribution in [0.4, 0.5) is 14.9 Å². The Hall–Kier alpha value is -2.16. The highest BCUT2D eigenvalue weighted by molar-refractivity contribution is 7.91. The van der Waals surface area contributed by atoms with Crippen molar-refractivity contribution >= 4 is 27.5 Å². The van der Waals surface area contributed by atoms with E-state index in [9.17, 15) is 22.4 Å². The van der Waals surface area contributed by atoms with Crippen LogP contribution in [0.3, 0.4) is 0 Å². The van der Waals surface area contributed by atoms with Crippen molar-refractivity contribution in [2.24, 2.45) is 5.92 Å². The minimum Gasteiger partial charge on any atom is -0.334 e. The number of carbonyl (C=O) groups excluding carboxylic acids is 2. The minimum absolute atomic E-state index is 0.0369. The Bertz CT molecular complexity index is 769. The molecule has 0 aliphatic carbocycles. The van der Waals surface area contributed by atoms with Crippen molar-refractivity contribution in [2.75, 3.05) is 16.8 Å². The van der Waals surface area contributed by atoms with Gasteiger partial charge in [0.1, 0.15) is 11.9 Å². The average molecular weight is 385 g/mol. The van der Waals surface area contributed by atoms with Gasteiger partial charge in [-0.25, -0.2) is 17.6 Å². The monoisotopic (exact) mass is 385 g/mol. The Balaban J connectivity index is 2.01. The van der Waals surface area contributed by atoms with Crippen molar-refractivity contribution in [3.8, 4) is 0 Å². The summed E-state index contributed by atoms with van der Waals surface area (Å²) in [6.45, 7) is 3.67. The Morgan fingerprint density at radius 2 is 2.00 bits per heavy atom. The highest BCUT2D eigenvalue weighted by Gasteiger charge is 2.31. The quantitative estimate of drug-likeness (QED) is 0.693. The molecule has 0 bridgehead atoms. The highest BCUT2D eigenvalue weighted by Crippen LogP contribution is 2.16. The number of rotatable bonds is 6. The summed E-state index contributed by atoms with van der Waals surface area (Å²) in [7, 11) is -3.12. The third kappa shape index (κ3) is 5.42. The van der Waals surface area contributed by atoms with Gasteiger partial charge < -0.3 is 16.0 Å². The lowest BCUT2D eigenvalue weighted by molar-refractivity contribution is -0.119. The zero-order valence-corrected chi connectivity index (χ0v) is 15.6. The van der Waals surface area contributed by atoms with Crippen LogP contribution < -0.4 is 16.0 Å². The van der Waals surface area contributed by atoms with Gasteiger partial charge in [0.25, 0.3) is 0 Å². The summed E-state index contributed by atoms with van der Waals surface area (Å²) in [5.74, 6) is -1.35. The maximum Gasteiger partial charge on any atom is 0.315 e. The zero-order valence-electron chi connectivity index (χ0n) is 14.8. The second kappa shape index (κ2) is 8.48. The molecule has 1 aromatic rings. The van der Waals surface area contributed by atoms with Gasteiger partial charge in [0.15, 0.2) is 9.84 Å². The van der Waals surface area contributed by atoms with Crippen molar-refractivity contribution < 1.29 is 22.4 Å². The van der Waals surface area contributed by atoms with Crippen molar-refractivity contribution in [3.63, 3.8) is 0 Å². The maximum absolute atomic E-state index is 13.7. The smallest absolute Gasteiger partial charge is 0.315 e. The lowest BCUT2D eigenvalue weighted by Gasteiger charge is -2.24. The fraction of sp³-hybridized carbons (Fsp3) is 0.529. The molecule has 9 heteroatoms. The van der Waals surface area contributed by atoms with E-state index in [2.05, 4.69) is 16.0 Å². The molecule has 144 valence electrons. The van der Waals surface area contributed by atoms with Gasteiger partial charge in [-0.1, -0.05) is 32.4 Å². The molecule has 7 nitrogen and oxygen atoms in total. The first kappa shape index (κ1) is 20.2. The highest BCUT2D eigenvalue weighted by atomic mass is 32.2. The van der Waals surface area contributed by atoms with Crippen LogP contribution in [0.1, 0.15) is 26.7 Å². The number of sulfone groups is 1. The molecule has 0 saturated carbocycles. The minimum atomic E-state index is -3.12. The first-order valence-corrected chi connectivity index (χ1v) is 10.4. The zero-order chi connectivity index (χ0) is 19.3. The van der Waals surface area contributed by atoms with E-state index in [4.69, 9.17) is 0 Å². The molecule has 1 heterocycles. The summed E-state index contributed by atoms with van der Waals surface area (Å²) in [6.07, 6.45) is 0.971. The number of amides is 3. The van der Waals surface area contributed by atoms with E-state index in [1.807, 2.05) is 6.92 Å². The predicted molar refractivity (Wildman–Crippen MR) is 97.0 cm³/mol. The van der Waals surface area contributed by atoms with Crippen molar-refractivity contribution in [1.82, 2.24) is 10.6 Å². The number of hydrogen-bond donors (Lipinski definition) is 3. The Kier molecular flexibility index (Phi) is 6.57. The summed E-state index contributed by atoms with van der Waals surface area (Å²) in [5, 5.41) is 7.66. The Morgan fingerprint density at radius 1 is 1.31 bits per heavy atom. The van der Waals surface area contributed by atoms with Gasteiger partial charge in [0.2, 0.25) is 5.91 Å². The van der Waals surface area contributed by atoms with Gasteiger partial charge >= 0.3 is 6.03 Å². The van der Waals surface area contributed by atoms with E-state index in [-0.39, 0.29) is 23.1 Å². The van der Waals surface area contributed by atoms with Gasteiger partial charge in [-0.05, 0) is 24.5 Å². The summed E-state index contributed by atoms with van der Waals surface area (Å²) in [4.78, 5) is 24.7. The molecule has 1 aliphatic rings. The fourth-order valence-electron chi connectivity index (χ4n) is 2.75. The number of urea groups is 1. The molecule has 1 fully saturated rings. The van der Waals surface area contributed by atoms with E-state index < -0.39 is 39.7 Å². The second-order valence-electron chi connectivity index (χ2n) is 6.55. The predicted octanol–water partition coefficient (Wildman–Crippen LogP) is 1.67. The van der Waals surface area contributed by atoms with E-state index in [0.717, 1.165) is 0 Å². The van der Waals surface area contributed by atoms with Crippen LogP contribution in [0.25, 0.3) is 0 Å². The van der Waals surface area contributed by atoms with Gasteiger partial charge in [0, 0.05) is 6.04 Å².